The van der Waals surface area contributed by atoms with E-state index in [2.05, 4.69) is 41.8 Å². The average Bonchev–Trinajstić information content (AvgIpc) is 3.07. The maximum atomic E-state index is 5.78. The number of unbranched alkanes of at least 4 members (excludes halogenated alkanes) is 2. The van der Waals surface area contributed by atoms with Gasteiger partial charge in [0.1, 0.15) is 5.58 Å². The molecule has 0 spiro atoms. The maximum Gasteiger partial charge on any atom is 0.134 e. The first kappa shape index (κ1) is 24.5. The molecule has 0 unspecified atom stereocenters. The van der Waals surface area contributed by atoms with Crippen LogP contribution in [0.5, 0.6) is 0 Å². The van der Waals surface area contributed by atoms with Crippen LogP contribution in [0.3, 0.4) is 0 Å². The van der Waals surface area contributed by atoms with Crippen molar-refractivity contribution in [1.29, 1.82) is 0 Å². The summed E-state index contributed by atoms with van der Waals surface area (Å²) in [6.45, 7) is 2.04. The number of aryl methyl sites for hydroxylation is 2. The van der Waals surface area contributed by atoms with Crippen LogP contribution in [-0.4, -0.2) is 13.1 Å². The summed E-state index contributed by atoms with van der Waals surface area (Å²) in [7, 11) is 0. The van der Waals surface area contributed by atoms with Gasteiger partial charge in [-0.2, -0.15) is 0 Å². The number of hydrogen-bond donors (Lipinski definition) is 2. The number of para-hydroxylation sites is 1. The van der Waals surface area contributed by atoms with Crippen molar-refractivity contribution in [2.45, 2.75) is 44.9 Å². The van der Waals surface area contributed by atoms with Crippen LogP contribution >= 0.6 is 0 Å². The number of hydrogen-bond acceptors (Lipinski definition) is 1. The van der Waals surface area contributed by atoms with Crippen molar-refractivity contribution in [2.24, 2.45) is 0 Å². The van der Waals surface area contributed by atoms with Crippen molar-refractivity contribution in [3.8, 4) is 0 Å². The number of halogens is 2. The van der Waals surface area contributed by atoms with Crippen LogP contribution < -0.4 is 36.3 Å². The Labute approximate surface area is 180 Å². The third-order valence-electron chi connectivity index (χ3n) is 5.19. The third-order valence-corrected chi connectivity index (χ3v) is 5.19. The second-order valence-corrected chi connectivity index (χ2v) is 7.11. The zero-order chi connectivity index (χ0) is 18.2. The lowest BCUT2D eigenvalue weighted by atomic mass is 9.90. The third kappa shape index (κ3) is 6.25. The van der Waals surface area contributed by atoms with Crippen molar-refractivity contribution in [3.63, 3.8) is 0 Å². The number of rotatable bonds is 10. The lowest BCUT2D eigenvalue weighted by molar-refractivity contribution is -0.368. The van der Waals surface area contributed by atoms with E-state index in [9.17, 15) is 0 Å². The Kier molecular flexibility index (Phi) is 11.2. The molecule has 1 aromatic heterocycles. The van der Waals surface area contributed by atoms with Gasteiger partial charge in [0.05, 0.1) is 19.4 Å². The van der Waals surface area contributed by atoms with Gasteiger partial charge in [0.25, 0.3) is 0 Å². The van der Waals surface area contributed by atoms with Crippen LogP contribution in [0, 0.1) is 0 Å². The normalized spacial score (nSPS) is 10.5. The van der Waals surface area contributed by atoms with Crippen molar-refractivity contribution >= 4 is 11.0 Å². The largest absolute Gasteiger partial charge is 1.00 e. The van der Waals surface area contributed by atoms with Crippen LogP contribution in [0.15, 0.2) is 53.1 Å². The molecular weight excluding hydrogens is 391 g/mol. The Morgan fingerprint density at radius 3 is 1.89 bits per heavy atom. The molecule has 3 rings (SSSR count). The van der Waals surface area contributed by atoms with E-state index in [1.54, 1.807) is 0 Å². The van der Waals surface area contributed by atoms with Crippen molar-refractivity contribution in [3.05, 3.63) is 71.0 Å². The minimum absolute atomic E-state index is 0. The fourth-order valence-electron chi connectivity index (χ4n) is 3.73. The zero-order valence-electron chi connectivity index (χ0n) is 16.6. The predicted octanol–water partition coefficient (Wildman–Crippen LogP) is -2.84. The smallest absolute Gasteiger partial charge is 0.134 e. The van der Waals surface area contributed by atoms with Crippen LogP contribution in [0.25, 0.3) is 11.0 Å². The molecule has 0 atom stereocenters. The summed E-state index contributed by atoms with van der Waals surface area (Å²) in [6.07, 6.45) is 10.00. The molecule has 0 radical (unpaired) electrons. The molecule has 0 aliphatic carbocycles. The molecule has 0 aliphatic heterocycles. The average molecular weight is 423 g/mol. The summed E-state index contributed by atoms with van der Waals surface area (Å²) in [5.74, 6) is 0. The topological polar surface area (TPSA) is 68.4 Å². The van der Waals surface area contributed by atoms with Crippen LogP contribution in [-0.2, 0) is 19.3 Å². The highest BCUT2D eigenvalue weighted by molar-refractivity contribution is 5.81. The Balaban J connectivity index is 0.00000196. The molecule has 0 saturated carbocycles. The van der Waals surface area contributed by atoms with Crippen LogP contribution in [0.2, 0.25) is 0 Å². The number of fused-ring (bicyclic) bond motifs is 1. The minimum Gasteiger partial charge on any atom is -1.00 e. The molecule has 3 nitrogen and oxygen atoms in total. The number of benzene rings is 2. The second kappa shape index (κ2) is 12.8. The first-order chi connectivity index (χ1) is 12.8. The molecular formula is C23H32Cl2N2O. The summed E-state index contributed by atoms with van der Waals surface area (Å²) >= 11 is 0. The van der Waals surface area contributed by atoms with Gasteiger partial charge in [-0.15, -0.1) is 0 Å². The van der Waals surface area contributed by atoms with E-state index in [1.807, 2.05) is 18.4 Å². The molecule has 154 valence electrons. The van der Waals surface area contributed by atoms with Crippen LogP contribution in [0.4, 0.5) is 0 Å². The van der Waals surface area contributed by atoms with E-state index in [0.29, 0.717) is 0 Å². The van der Waals surface area contributed by atoms with Crippen molar-refractivity contribution in [1.82, 2.24) is 0 Å². The number of furan rings is 1. The second-order valence-electron chi connectivity index (χ2n) is 7.11. The van der Waals surface area contributed by atoms with E-state index >= 15 is 0 Å². The summed E-state index contributed by atoms with van der Waals surface area (Å²) in [6, 6.07) is 15.2. The monoisotopic (exact) mass is 422 g/mol. The molecule has 0 bridgehead atoms. The van der Waals surface area contributed by atoms with E-state index in [1.165, 1.54) is 53.3 Å². The molecule has 2 aromatic carbocycles. The first-order valence-corrected chi connectivity index (χ1v) is 9.96. The SMILES string of the molecule is [Cl-].[Cl-].[NH3+]CCCCc1cccc(CCCC[NH3+])c1Cc1coc2ccccc12. The van der Waals surface area contributed by atoms with Gasteiger partial charge in [0, 0.05) is 17.4 Å². The van der Waals surface area contributed by atoms with Gasteiger partial charge in [-0.1, -0.05) is 36.4 Å². The van der Waals surface area contributed by atoms with Crippen LogP contribution in [0.1, 0.15) is 47.9 Å². The Morgan fingerprint density at radius 1 is 0.679 bits per heavy atom. The summed E-state index contributed by atoms with van der Waals surface area (Å²) in [5, 5.41) is 1.24. The lowest BCUT2D eigenvalue weighted by Crippen LogP contribution is -3.00. The molecule has 3 aromatic rings. The molecule has 0 saturated heterocycles. The fourth-order valence-corrected chi connectivity index (χ4v) is 3.73. The Morgan fingerprint density at radius 2 is 1.29 bits per heavy atom. The van der Waals surface area contributed by atoms with Gasteiger partial charge < -0.3 is 40.7 Å². The summed E-state index contributed by atoms with van der Waals surface area (Å²) in [4.78, 5) is 0. The van der Waals surface area contributed by atoms with E-state index in [-0.39, 0.29) is 24.8 Å². The molecule has 0 fully saturated rings. The van der Waals surface area contributed by atoms with Crippen molar-refractivity contribution < 1.29 is 40.7 Å². The van der Waals surface area contributed by atoms with Gasteiger partial charge in [0.15, 0.2) is 0 Å². The molecule has 5 heteroatoms. The van der Waals surface area contributed by atoms with Gasteiger partial charge in [0.2, 0.25) is 0 Å². The Bertz CT molecular complexity index is 804. The highest BCUT2D eigenvalue weighted by Crippen LogP contribution is 2.27. The molecule has 6 N–H and O–H groups in total. The zero-order valence-corrected chi connectivity index (χ0v) is 18.1. The van der Waals surface area contributed by atoms with E-state index in [4.69, 9.17) is 4.42 Å². The molecule has 0 amide bonds. The Hall–Kier alpha value is -1.52. The first-order valence-electron chi connectivity index (χ1n) is 9.96. The highest BCUT2D eigenvalue weighted by atomic mass is 35.5. The van der Waals surface area contributed by atoms with Gasteiger partial charge in [-0.05, 0) is 61.3 Å². The lowest BCUT2D eigenvalue weighted by Gasteiger charge is -2.15. The molecule has 28 heavy (non-hydrogen) atoms. The minimum atomic E-state index is 0. The maximum absolute atomic E-state index is 5.78. The molecule has 1 heterocycles. The number of quaternary nitrogens is 2. The van der Waals surface area contributed by atoms with E-state index in [0.717, 1.165) is 37.9 Å². The van der Waals surface area contributed by atoms with Gasteiger partial charge >= 0.3 is 0 Å². The van der Waals surface area contributed by atoms with Gasteiger partial charge in [-0.25, -0.2) is 0 Å². The fraction of sp³-hybridized carbons (Fsp3) is 0.391. The highest BCUT2D eigenvalue weighted by Gasteiger charge is 2.13. The van der Waals surface area contributed by atoms with Gasteiger partial charge in [-0.3, -0.25) is 0 Å². The quantitative estimate of drug-likeness (QED) is 0.339. The summed E-state index contributed by atoms with van der Waals surface area (Å²) in [5.41, 5.74) is 14.7. The summed E-state index contributed by atoms with van der Waals surface area (Å²) < 4.78 is 5.78. The molecule has 0 aliphatic rings. The standard InChI is InChI=1S/C23H30N2O.2ClH/c24-14-5-3-8-18-10-7-11-19(9-4-6-15-25)22(18)16-20-17-26-23-13-2-1-12-21(20)23;;/h1-2,7,10-13,17H,3-6,8-9,14-16,24-25H2;2*1H. The van der Waals surface area contributed by atoms with E-state index < -0.39 is 0 Å². The van der Waals surface area contributed by atoms with Crippen molar-refractivity contribution in [2.75, 3.05) is 13.1 Å². The predicted molar refractivity (Wildman–Crippen MR) is 107 cm³/mol.